The highest BCUT2D eigenvalue weighted by Crippen LogP contribution is 2.32. The van der Waals surface area contributed by atoms with Gasteiger partial charge in [0.1, 0.15) is 23.6 Å². The Hall–Kier alpha value is -4.26. The highest BCUT2D eigenvalue weighted by molar-refractivity contribution is 6.08. The van der Waals surface area contributed by atoms with Crippen LogP contribution in [0.4, 0.5) is 17.2 Å². The third-order valence-corrected chi connectivity index (χ3v) is 5.67. The number of hydrogen-bond acceptors (Lipinski definition) is 6. The van der Waals surface area contributed by atoms with Crippen LogP contribution in [0.2, 0.25) is 0 Å². The molecule has 0 bridgehead atoms. The van der Waals surface area contributed by atoms with Crippen molar-refractivity contribution in [2.75, 3.05) is 16.8 Å². The number of benzene rings is 2. The highest BCUT2D eigenvalue weighted by atomic mass is 16.5. The van der Waals surface area contributed by atoms with E-state index in [0.29, 0.717) is 30.1 Å². The molecule has 164 valence electrons. The molecule has 7 nitrogen and oxygen atoms in total. The molecule has 7 heteroatoms. The van der Waals surface area contributed by atoms with Crippen LogP contribution in [0.15, 0.2) is 73.2 Å². The summed E-state index contributed by atoms with van der Waals surface area (Å²) >= 11 is 0. The zero-order valence-corrected chi connectivity index (χ0v) is 18.5. The summed E-state index contributed by atoms with van der Waals surface area (Å²) in [5, 5.41) is 4.22. The van der Waals surface area contributed by atoms with Crippen LogP contribution in [0.25, 0.3) is 10.9 Å². The first-order valence-electron chi connectivity index (χ1n) is 10.7. The Morgan fingerprint density at radius 2 is 1.91 bits per heavy atom. The molecule has 1 saturated heterocycles. The van der Waals surface area contributed by atoms with Gasteiger partial charge in [-0.2, -0.15) is 0 Å². The Morgan fingerprint density at radius 3 is 2.64 bits per heavy atom. The van der Waals surface area contributed by atoms with Crippen molar-refractivity contribution in [1.82, 2.24) is 15.0 Å². The minimum absolute atomic E-state index is 0.0318. The first-order chi connectivity index (χ1) is 16.0. The van der Waals surface area contributed by atoms with E-state index in [1.165, 1.54) is 6.33 Å². The lowest BCUT2D eigenvalue weighted by molar-refractivity contribution is -0.114. The Morgan fingerprint density at radius 1 is 1.03 bits per heavy atom. The maximum absolute atomic E-state index is 12.4. The lowest BCUT2D eigenvalue weighted by Gasteiger charge is -2.17. The molecule has 0 unspecified atom stereocenters. The molecule has 1 aliphatic heterocycles. The largest absolute Gasteiger partial charge is 0.455 e. The SMILES string of the molecule is C=C1CCN(c2ccc3ncnc(Nc4ccc(Oc5ccc(C)nc5)c(C)c4)c3c2)C1=O. The maximum atomic E-state index is 12.4. The number of carbonyl (C=O) groups is 1. The van der Waals surface area contributed by atoms with Crippen molar-refractivity contribution in [3.63, 3.8) is 0 Å². The van der Waals surface area contributed by atoms with Gasteiger partial charge in [0.25, 0.3) is 5.91 Å². The van der Waals surface area contributed by atoms with Gasteiger partial charge < -0.3 is 15.0 Å². The summed E-state index contributed by atoms with van der Waals surface area (Å²) in [6.07, 6.45) is 3.92. The summed E-state index contributed by atoms with van der Waals surface area (Å²) in [5.74, 6) is 2.09. The van der Waals surface area contributed by atoms with E-state index in [1.807, 2.05) is 62.4 Å². The summed E-state index contributed by atoms with van der Waals surface area (Å²) in [7, 11) is 0. The molecule has 2 aromatic heterocycles. The number of ether oxygens (including phenoxy) is 1. The lowest BCUT2D eigenvalue weighted by atomic mass is 10.1. The van der Waals surface area contributed by atoms with E-state index in [0.717, 1.165) is 39.3 Å². The van der Waals surface area contributed by atoms with Crippen molar-refractivity contribution in [1.29, 1.82) is 0 Å². The average Bonchev–Trinajstić information content (AvgIpc) is 3.15. The molecule has 0 atom stereocenters. The number of rotatable bonds is 5. The molecule has 1 fully saturated rings. The summed E-state index contributed by atoms with van der Waals surface area (Å²) in [6, 6.07) is 15.4. The molecule has 1 amide bonds. The van der Waals surface area contributed by atoms with E-state index in [9.17, 15) is 4.79 Å². The van der Waals surface area contributed by atoms with Gasteiger partial charge in [-0.3, -0.25) is 9.78 Å². The van der Waals surface area contributed by atoms with Gasteiger partial charge in [-0.15, -0.1) is 0 Å². The second-order valence-electron chi connectivity index (χ2n) is 8.08. The number of amides is 1. The van der Waals surface area contributed by atoms with Gasteiger partial charge in [-0.05, 0) is 74.4 Å². The van der Waals surface area contributed by atoms with E-state index >= 15 is 0 Å². The van der Waals surface area contributed by atoms with Crippen LogP contribution in [0.3, 0.4) is 0 Å². The van der Waals surface area contributed by atoms with Crippen molar-refractivity contribution in [2.24, 2.45) is 0 Å². The fraction of sp³-hybridized carbons (Fsp3) is 0.154. The molecular formula is C26H23N5O2. The smallest absolute Gasteiger partial charge is 0.253 e. The van der Waals surface area contributed by atoms with Crippen LogP contribution in [0, 0.1) is 13.8 Å². The van der Waals surface area contributed by atoms with E-state index in [2.05, 4.69) is 26.8 Å². The average molecular weight is 438 g/mol. The van der Waals surface area contributed by atoms with Crippen LogP contribution in [0.1, 0.15) is 17.7 Å². The van der Waals surface area contributed by atoms with E-state index < -0.39 is 0 Å². The number of fused-ring (bicyclic) bond motifs is 1. The number of hydrogen-bond donors (Lipinski definition) is 1. The summed E-state index contributed by atoms with van der Waals surface area (Å²) in [6.45, 7) is 8.42. The molecule has 33 heavy (non-hydrogen) atoms. The molecule has 1 aliphatic rings. The molecule has 4 aromatic rings. The van der Waals surface area contributed by atoms with E-state index in [1.54, 1.807) is 11.1 Å². The summed E-state index contributed by atoms with van der Waals surface area (Å²) in [4.78, 5) is 27.2. The molecule has 0 radical (unpaired) electrons. The standard InChI is InChI=1S/C26H23N5O2/c1-16-10-11-31(26(16)32)20-6-8-23-22(13-20)25(29-15-28-23)30-19-5-9-24(17(2)12-19)33-21-7-4-18(3)27-14-21/h4-9,12-15H,1,10-11H2,2-3H3,(H,28,29,30). The van der Waals surface area contributed by atoms with E-state index in [4.69, 9.17) is 4.74 Å². The number of aryl methyl sites for hydroxylation is 2. The van der Waals surface area contributed by atoms with Gasteiger partial charge in [0.2, 0.25) is 0 Å². The van der Waals surface area contributed by atoms with Gasteiger partial charge >= 0.3 is 0 Å². The number of nitrogens with one attached hydrogen (secondary N) is 1. The van der Waals surface area contributed by atoms with Crippen LogP contribution in [-0.4, -0.2) is 27.4 Å². The van der Waals surface area contributed by atoms with Crippen LogP contribution >= 0.6 is 0 Å². The lowest BCUT2D eigenvalue weighted by Crippen LogP contribution is -2.24. The molecule has 0 saturated carbocycles. The monoisotopic (exact) mass is 437 g/mol. The zero-order valence-electron chi connectivity index (χ0n) is 18.5. The van der Waals surface area contributed by atoms with Gasteiger partial charge in [0, 0.05) is 34.6 Å². The Labute approximate surface area is 191 Å². The third-order valence-electron chi connectivity index (χ3n) is 5.67. The van der Waals surface area contributed by atoms with Gasteiger partial charge in [0.05, 0.1) is 11.7 Å². The molecule has 1 N–H and O–H groups in total. The third kappa shape index (κ3) is 4.13. The molecule has 2 aromatic carbocycles. The van der Waals surface area contributed by atoms with Gasteiger partial charge in [0.15, 0.2) is 0 Å². The normalized spacial score (nSPS) is 13.6. The Kier molecular flexibility index (Phi) is 5.22. The quantitative estimate of drug-likeness (QED) is 0.417. The molecular weight excluding hydrogens is 414 g/mol. The Balaban J connectivity index is 1.42. The zero-order chi connectivity index (χ0) is 22.9. The van der Waals surface area contributed by atoms with Gasteiger partial charge in [-0.1, -0.05) is 6.58 Å². The fourth-order valence-electron chi connectivity index (χ4n) is 3.82. The van der Waals surface area contributed by atoms with Crippen molar-refractivity contribution in [2.45, 2.75) is 20.3 Å². The minimum atomic E-state index is -0.0318. The van der Waals surface area contributed by atoms with Crippen LogP contribution in [-0.2, 0) is 4.79 Å². The first-order valence-corrected chi connectivity index (χ1v) is 10.7. The summed E-state index contributed by atoms with van der Waals surface area (Å²) < 4.78 is 5.97. The highest BCUT2D eigenvalue weighted by Gasteiger charge is 2.25. The van der Waals surface area contributed by atoms with Crippen LogP contribution in [0.5, 0.6) is 11.5 Å². The Bertz CT molecular complexity index is 1380. The number of aromatic nitrogens is 3. The van der Waals surface area contributed by atoms with Crippen molar-refractivity contribution >= 4 is 34.0 Å². The number of nitrogens with zero attached hydrogens (tertiary/aromatic N) is 4. The number of carbonyl (C=O) groups excluding carboxylic acids is 1. The molecule has 0 spiro atoms. The topological polar surface area (TPSA) is 80.2 Å². The predicted octanol–water partition coefficient (Wildman–Crippen LogP) is 5.47. The maximum Gasteiger partial charge on any atom is 0.253 e. The number of pyridine rings is 1. The summed E-state index contributed by atoms with van der Waals surface area (Å²) in [5.41, 5.74) is 5.04. The second kappa shape index (κ2) is 8.35. The molecule has 0 aliphatic carbocycles. The fourth-order valence-corrected chi connectivity index (χ4v) is 3.82. The van der Waals surface area contributed by atoms with E-state index in [-0.39, 0.29) is 5.91 Å². The molecule has 5 rings (SSSR count). The van der Waals surface area contributed by atoms with Crippen molar-refractivity contribution in [3.05, 3.63) is 84.5 Å². The molecule has 3 heterocycles. The number of anilines is 3. The first kappa shape index (κ1) is 20.6. The predicted molar refractivity (Wildman–Crippen MR) is 129 cm³/mol. The minimum Gasteiger partial charge on any atom is -0.455 e. The second-order valence-corrected chi connectivity index (χ2v) is 8.08. The van der Waals surface area contributed by atoms with Crippen molar-refractivity contribution < 1.29 is 9.53 Å². The van der Waals surface area contributed by atoms with Crippen LogP contribution < -0.4 is 15.0 Å². The van der Waals surface area contributed by atoms with Gasteiger partial charge in [-0.25, -0.2) is 9.97 Å². The van der Waals surface area contributed by atoms with Crippen molar-refractivity contribution in [3.8, 4) is 11.5 Å².